The van der Waals surface area contributed by atoms with Crippen molar-refractivity contribution < 1.29 is 19.1 Å². The fourth-order valence-electron chi connectivity index (χ4n) is 3.45. The first kappa shape index (κ1) is 20.2. The molecule has 1 amide bonds. The van der Waals surface area contributed by atoms with Crippen LogP contribution in [0.3, 0.4) is 0 Å². The number of nitriles is 1. The predicted octanol–water partition coefficient (Wildman–Crippen LogP) is 4.08. The van der Waals surface area contributed by atoms with Crippen LogP contribution in [-0.4, -0.2) is 25.0 Å². The van der Waals surface area contributed by atoms with E-state index in [9.17, 15) is 14.9 Å². The largest absolute Gasteiger partial charge is 0.482 e. The van der Waals surface area contributed by atoms with Crippen LogP contribution in [0.25, 0.3) is 11.1 Å². The summed E-state index contributed by atoms with van der Waals surface area (Å²) in [4.78, 5) is 26.0. The van der Waals surface area contributed by atoms with Crippen molar-refractivity contribution in [2.75, 3.05) is 18.1 Å². The van der Waals surface area contributed by atoms with E-state index in [0.29, 0.717) is 17.0 Å². The number of esters is 1. The first-order valence-electron chi connectivity index (χ1n) is 9.92. The van der Waals surface area contributed by atoms with Crippen LogP contribution in [-0.2, 0) is 20.9 Å². The standard InChI is InChI=1S/C25H20N2O4/c26-15-20-5-1-2-6-21(20)19-11-9-18(10-12-19)16-31-25(29)13-14-27-22-7-3-4-8-23(22)30-17-24(27)28/h1-12H,13-14,16-17H2. The van der Waals surface area contributed by atoms with Crippen molar-refractivity contribution in [1.82, 2.24) is 0 Å². The molecule has 0 unspecified atom stereocenters. The Morgan fingerprint density at radius 3 is 2.58 bits per heavy atom. The summed E-state index contributed by atoms with van der Waals surface area (Å²) in [6, 6.07) is 24.4. The Bertz CT molecular complexity index is 1150. The second-order valence-electron chi connectivity index (χ2n) is 7.07. The molecule has 1 aliphatic rings. The molecule has 0 bridgehead atoms. The Morgan fingerprint density at radius 2 is 1.77 bits per heavy atom. The topological polar surface area (TPSA) is 79.6 Å². The molecule has 6 nitrogen and oxygen atoms in total. The van der Waals surface area contributed by atoms with E-state index >= 15 is 0 Å². The Labute approximate surface area is 180 Å². The van der Waals surface area contributed by atoms with Gasteiger partial charge in [0.05, 0.1) is 23.7 Å². The van der Waals surface area contributed by atoms with Gasteiger partial charge in [-0.3, -0.25) is 9.59 Å². The highest BCUT2D eigenvalue weighted by molar-refractivity contribution is 5.98. The van der Waals surface area contributed by atoms with E-state index < -0.39 is 0 Å². The molecule has 0 atom stereocenters. The van der Waals surface area contributed by atoms with Gasteiger partial charge < -0.3 is 14.4 Å². The lowest BCUT2D eigenvalue weighted by Gasteiger charge is -2.28. The normalized spacial score (nSPS) is 12.5. The highest BCUT2D eigenvalue weighted by Crippen LogP contribution is 2.31. The Kier molecular flexibility index (Phi) is 5.95. The summed E-state index contributed by atoms with van der Waals surface area (Å²) < 4.78 is 10.8. The van der Waals surface area contributed by atoms with Gasteiger partial charge in [-0.25, -0.2) is 0 Å². The molecule has 0 spiro atoms. The SMILES string of the molecule is N#Cc1ccccc1-c1ccc(COC(=O)CCN2C(=O)COc3ccccc32)cc1. The summed E-state index contributed by atoms with van der Waals surface area (Å²) in [5, 5.41) is 9.26. The summed E-state index contributed by atoms with van der Waals surface area (Å²) in [6.07, 6.45) is 0.0910. The minimum Gasteiger partial charge on any atom is -0.482 e. The van der Waals surface area contributed by atoms with E-state index in [1.807, 2.05) is 54.6 Å². The molecule has 0 aliphatic carbocycles. The monoisotopic (exact) mass is 412 g/mol. The number of para-hydroxylation sites is 2. The highest BCUT2D eigenvalue weighted by atomic mass is 16.5. The van der Waals surface area contributed by atoms with Gasteiger partial charge in [-0.2, -0.15) is 5.26 Å². The molecule has 0 fully saturated rings. The van der Waals surface area contributed by atoms with Crippen molar-refractivity contribution in [3.05, 3.63) is 83.9 Å². The fraction of sp³-hybridized carbons (Fsp3) is 0.160. The third kappa shape index (κ3) is 4.57. The summed E-state index contributed by atoms with van der Waals surface area (Å²) in [7, 11) is 0. The number of hydrogen-bond donors (Lipinski definition) is 0. The number of benzene rings is 3. The number of carbonyl (C=O) groups excluding carboxylic acids is 2. The quantitative estimate of drug-likeness (QED) is 0.570. The van der Waals surface area contributed by atoms with E-state index in [4.69, 9.17) is 9.47 Å². The molecule has 1 heterocycles. The van der Waals surface area contributed by atoms with Gasteiger partial charge in [0.15, 0.2) is 6.61 Å². The number of ether oxygens (including phenoxy) is 2. The molecule has 0 saturated heterocycles. The maximum Gasteiger partial charge on any atom is 0.307 e. The van der Waals surface area contributed by atoms with Gasteiger partial charge in [-0.15, -0.1) is 0 Å². The summed E-state index contributed by atoms with van der Waals surface area (Å²) in [5.74, 6) is 0.0731. The van der Waals surface area contributed by atoms with Gasteiger partial charge in [0.25, 0.3) is 5.91 Å². The van der Waals surface area contributed by atoms with Crippen LogP contribution >= 0.6 is 0 Å². The number of carbonyl (C=O) groups is 2. The molecule has 3 aromatic rings. The molecule has 1 aliphatic heterocycles. The zero-order valence-electron chi connectivity index (χ0n) is 16.8. The number of anilines is 1. The second-order valence-corrected chi connectivity index (χ2v) is 7.07. The van der Waals surface area contributed by atoms with Crippen molar-refractivity contribution in [3.63, 3.8) is 0 Å². The van der Waals surface area contributed by atoms with Crippen LogP contribution in [0.2, 0.25) is 0 Å². The lowest BCUT2D eigenvalue weighted by molar-refractivity contribution is -0.144. The first-order chi connectivity index (χ1) is 15.2. The molecule has 154 valence electrons. The van der Waals surface area contributed by atoms with E-state index in [2.05, 4.69) is 6.07 Å². The fourth-order valence-corrected chi connectivity index (χ4v) is 3.45. The average molecular weight is 412 g/mol. The molecule has 0 aromatic heterocycles. The molecule has 0 radical (unpaired) electrons. The smallest absolute Gasteiger partial charge is 0.307 e. The molecule has 0 N–H and O–H groups in total. The lowest BCUT2D eigenvalue weighted by atomic mass is 9.99. The minimum absolute atomic E-state index is 0.0344. The van der Waals surface area contributed by atoms with Gasteiger partial charge in [0, 0.05) is 6.54 Å². The Balaban J connectivity index is 1.32. The maximum atomic E-state index is 12.2. The summed E-state index contributed by atoms with van der Waals surface area (Å²) in [5.41, 5.74) is 3.92. The number of fused-ring (bicyclic) bond motifs is 1. The molecule has 0 saturated carbocycles. The summed E-state index contributed by atoms with van der Waals surface area (Å²) >= 11 is 0. The van der Waals surface area contributed by atoms with Crippen molar-refractivity contribution in [2.45, 2.75) is 13.0 Å². The van der Waals surface area contributed by atoms with Gasteiger partial charge in [-0.1, -0.05) is 54.6 Å². The third-order valence-corrected chi connectivity index (χ3v) is 5.06. The van der Waals surface area contributed by atoms with Crippen molar-refractivity contribution >= 4 is 17.6 Å². The molecule has 3 aromatic carbocycles. The number of nitrogens with zero attached hydrogens (tertiary/aromatic N) is 2. The lowest BCUT2D eigenvalue weighted by Crippen LogP contribution is -2.40. The average Bonchev–Trinajstić information content (AvgIpc) is 2.82. The van der Waals surface area contributed by atoms with Crippen LogP contribution in [0.4, 0.5) is 5.69 Å². The zero-order chi connectivity index (χ0) is 21.6. The molecular weight excluding hydrogens is 392 g/mol. The zero-order valence-corrected chi connectivity index (χ0v) is 16.8. The van der Waals surface area contributed by atoms with Crippen LogP contribution in [0.1, 0.15) is 17.5 Å². The second kappa shape index (κ2) is 9.14. The van der Waals surface area contributed by atoms with Crippen LogP contribution in [0.5, 0.6) is 5.75 Å². The molecule has 31 heavy (non-hydrogen) atoms. The Morgan fingerprint density at radius 1 is 1.03 bits per heavy atom. The van der Waals surface area contributed by atoms with Gasteiger partial charge in [-0.05, 0) is 34.9 Å². The molecule has 4 rings (SSSR count). The minimum atomic E-state index is -0.379. The third-order valence-electron chi connectivity index (χ3n) is 5.06. The maximum absolute atomic E-state index is 12.2. The molecular formula is C25H20N2O4. The first-order valence-corrected chi connectivity index (χ1v) is 9.92. The van der Waals surface area contributed by atoms with E-state index in [-0.39, 0.29) is 38.1 Å². The number of rotatable bonds is 6. The number of amides is 1. The van der Waals surface area contributed by atoms with Crippen LogP contribution in [0.15, 0.2) is 72.8 Å². The van der Waals surface area contributed by atoms with E-state index in [0.717, 1.165) is 16.7 Å². The van der Waals surface area contributed by atoms with Gasteiger partial charge in [0.1, 0.15) is 12.4 Å². The summed E-state index contributed by atoms with van der Waals surface area (Å²) in [6.45, 7) is 0.349. The van der Waals surface area contributed by atoms with Gasteiger partial charge in [0.2, 0.25) is 0 Å². The Hall–Kier alpha value is -4.11. The van der Waals surface area contributed by atoms with Gasteiger partial charge >= 0.3 is 5.97 Å². The van der Waals surface area contributed by atoms with Crippen molar-refractivity contribution in [2.24, 2.45) is 0 Å². The van der Waals surface area contributed by atoms with Crippen LogP contribution in [0, 0.1) is 11.3 Å². The number of hydrogen-bond acceptors (Lipinski definition) is 5. The van der Waals surface area contributed by atoms with Crippen LogP contribution < -0.4 is 9.64 Å². The molecule has 6 heteroatoms. The van der Waals surface area contributed by atoms with E-state index in [1.165, 1.54) is 0 Å². The predicted molar refractivity (Wildman–Crippen MR) is 115 cm³/mol. The van der Waals surface area contributed by atoms with Crippen molar-refractivity contribution in [3.8, 4) is 22.9 Å². The van der Waals surface area contributed by atoms with E-state index in [1.54, 1.807) is 23.1 Å². The highest BCUT2D eigenvalue weighted by Gasteiger charge is 2.25. The van der Waals surface area contributed by atoms with Crippen molar-refractivity contribution in [1.29, 1.82) is 5.26 Å².